The fourth-order valence-corrected chi connectivity index (χ4v) is 3.99. The molecule has 19 heavy (non-hydrogen) atoms. The number of carboxylic acids is 1. The van der Waals surface area contributed by atoms with Gasteiger partial charge in [0.25, 0.3) is 0 Å². The van der Waals surface area contributed by atoms with Crippen molar-refractivity contribution in [2.75, 3.05) is 7.11 Å². The van der Waals surface area contributed by atoms with E-state index in [2.05, 4.69) is 4.98 Å². The predicted octanol–water partition coefficient (Wildman–Crippen LogP) is 2.52. The number of aliphatic carboxylic acids is 1. The van der Waals surface area contributed by atoms with Gasteiger partial charge >= 0.3 is 5.97 Å². The van der Waals surface area contributed by atoms with E-state index in [4.69, 9.17) is 4.74 Å². The fourth-order valence-electron chi connectivity index (χ4n) is 3.99. The summed E-state index contributed by atoms with van der Waals surface area (Å²) in [4.78, 5) is 16.2. The third-order valence-corrected chi connectivity index (χ3v) is 4.89. The van der Waals surface area contributed by atoms with Gasteiger partial charge in [-0.3, -0.25) is 4.79 Å². The molecule has 2 fully saturated rings. The molecule has 2 bridgehead atoms. The van der Waals surface area contributed by atoms with Crippen LogP contribution in [0.2, 0.25) is 0 Å². The number of pyridine rings is 1. The lowest BCUT2D eigenvalue weighted by molar-refractivity contribution is -0.152. The highest BCUT2D eigenvalue weighted by molar-refractivity contribution is 5.76. The molecule has 2 aliphatic rings. The highest BCUT2D eigenvalue weighted by atomic mass is 16.5. The molecule has 1 aromatic rings. The molecular formula is C15H19NO3. The van der Waals surface area contributed by atoms with E-state index in [1.807, 2.05) is 12.1 Å². The summed E-state index contributed by atoms with van der Waals surface area (Å²) in [6, 6.07) is 5.57. The van der Waals surface area contributed by atoms with Gasteiger partial charge in [0.15, 0.2) is 0 Å². The summed E-state index contributed by atoms with van der Waals surface area (Å²) in [5, 5.41) is 9.71. The molecule has 3 rings (SSSR count). The number of carbonyl (C=O) groups is 1. The van der Waals surface area contributed by atoms with Gasteiger partial charge in [0, 0.05) is 18.2 Å². The maximum atomic E-state index is 11.8. The van der Waals surface area contributed by atoms with Crippen LogP contribution in [0.5, 0.6) is 5.88 Å². The number of hydrogen-bond donors (Lipinski definition) is 1. The Hall–Kier alpha value is -1.58. The zero-order valence-electron chi connectivity index (χ0n) is 11.1. The molecule has 0 aromatic carbocycles. The molecule has 102 valence electrons. The Morgan fingerprint density at radius 3 is 2.95 bits per heavy atom. The van der Waals surface area contributed by atoms with Gasteiger partial charge in [-0.15, -0.1) is 0 Å². The number of aromatic nitrogens is 1. The SMILES string of the molecule is COc1cccc(CC2(C(=O)O)CC3CCC2C3)n1. The number of fused-ring (bicyclic) bond motifs is 2. The van der Waals surface area contributed by atoms with E-state index in [0.29, 0.717) is 24.1 Å². The van der Waals surface area contributed by atoms with Gasteiger partial charge in [-0.2, -0.15) is 0 Å². The first-order valence-corrected chi connectivity index (χ1v) is 6.87. The first-order chi connectivity index (χ1) is 9.14. The van der Waals surface area contributed by atoms with Crippen LogP contribution in [-0.4, -0.2) is 23.2 Å². The molecule has 1 heterocycles. The molecule has 1 N–H and O–H groups in total. The third kappa shape index (κ3) is 1.99. The second-order valence-corrected chi connectivity index (χ2v) is 5.89. The predicted molar refractivity (Wildman–Crippen MR) is 70.0 cm³/mol. The highest BCUT2D eigenvalue weighted by Gasteiger charge is 2.55. The van der Waals surface area contributed by atoms with Crippen LogP contribution in [0.1, 0.15) is 31.4 Å². The normalized spacial score (nSPS) is 32.5. The first-order valence-electron chi connectivity index (χ1n) is 6.87. The van der Waals surface area contributed by atoms with Crippen molar-refractivity contribution >= 4 is 5.97 Å². The minimum absolute atomic E-state index is 0.322. The van der Waals surface area contributed by atoms with Gasteiger partial charge in [0.2, 0.25) is 5.88 Å². The Kier molecular flexibility index (Phi) is 2.96. The second-order valence-electron chi connectivity index (χ2n) is 5.89. The molecule has 4 nitrogen and oxygen atoms in total. The van der Waals surface area contributed by atoms with Gasteiger partial charge in [-0.25, -0.2) is 4.98 Å². The van der Waals surface area contributed by atoms with E-state index in [1.165, 1.54) is 6.42 Å². The van der Waals surface area contributed by atoms with Gasteiger partial charge in [0.05, 0.1) is 12.5 Å². The van der Waals surface area contributed by atoms with Crippen LogP contribution in [0, 0.1) is 17.3 Å². The van der Waals surface area contributed by atoms with Crippen molar-refractivity contribution in [1.29, 1.82) is 0 Å². The van der Waals surface area contributed by atoms with Crippen LogP contribution in [0.25, 0.3) is 0 Å². The third-order valence-electron chi connectivity index (χ3n) is 4.89. The lowest BCUT2D eigenvalue weighted by Gasteiger charge is -2.33. The Morgan fingerprint density at radius 2 is 2.37 bits per heavy atom. The summed E-state index contributed by atoms with van der Waals surface area (Å²) in [7, 11) is 1.58. The summed E-state index contributed by atoms with van der Waals surface area (Å²) >= 11 is 0. The molecule has 0 saturated heterocycles. The Bertz CT molecular complexity index is 502. The molecule has 0 radical (unpaired) electrons. The van der Waals surface area contributed by atoms with Gasteiger partial charge in [0.1, 0.15) is 0 Å². The van der Waals surface area contributed by atoms with E-state index in [9.17, 15) is 9.90 Å². The Morgan fingerprint density at radius 1 is 1.53 bits per heavy atom. The lowest BCUT2D eigenvalue weighted by Crippen LogP contribution is -2.38. The van der Waals surface area contributed by atoms with Crippen molar-refractivity contribution in [2.45, 2.75) is 32.1 Å². The maximum absolute atomic E-state index is 11.8. The van der Waals surface area contributed by atoms with E-state index in [-0.39, 0.29) is 0 Å². The van der Waals surface area contributed by atoms with Crippen molar-refractivity contribution in [1.82, 2.24) is 4.98 Å². The second kappa shape index (κ2) is 4.51. The van der Waals surface area contributed by atoms with E-state index in [1.54, 1.807) is 13.2 Å². The summed E-state index contributed by atoms with van der Waals surface area (Å²) in [5.74, 6) is 0.834. The van der Waals surface area contributed by atoms with Crippen LogP contribution in [0.3, 0.4) is 0 Å². The summed E-state index contributed by atoms with van der Waals surface area (Å²) in [6.07, 6.45) is 4.68. The summed E-state index contributed by atoms with van der Waals surface area (Å²) < 4.78 is 5.12. The van der Waals surface area contributed by atoms with Crippen molar-refractivity contribution in [3.8, 4) is 5.88 Å². The zero-order valence-corrected chi connectivity index (χ0v) is 11.1. The first kappa shape index (κ1) is 12.5. The topological polar surface area (TPSA) is 59.4 Å². The van der Waals surface area contributed by atoms with E-state index in [0.717, 1.165) is 25.0 Å². The summed E-state index contributed by atoms with van der Waals surface area (Å²) in [6.45, 7) is 0. The quantitative estimate of drug-likeness (QED) is 0.904. The minimum Gasteiger partial charge on any atom is -0.481 e. The molecule has 0 amide bonds. The van der Waals surface area contributed by atoms with Crippen molar-refractivity contribution in [3.63, 3.8) is 0 Å². The lowest BCUT2D eigenvalue weighted by atomic mass is 9.70. The number of methoxy groups -OCH3 is 1. The van der Waals surface area contributed by atoms with Crippen LogP contribution in [-0.2, 0) is 11.2 Å². The molecule has 3 unspecified atom stereocenters. The molecular weight excluding hydrogens is 242 g/mol. The highest BCUT2D eigenvalue weighted by Crippen LogP contribution is 2.57. The molecule has 0 aliphatic heterocycles. The van der Waals surface area contributed by atoms with Gasteiger partial charge < -0.3 is 9.84 Å². The number of hydrogen-bond acceptors (Lipinski definition) is 3. The van der Waals surface area contributed by atoms with Crippen LogP contribution >= 0.6 is 0 Å². The number of carboxylic acid groups (broad SMARTS) is 1. The molecule has 2 saturated carbocycles. The van der Waals surface area contributed by atoms with Gasteiger partial charge in [-0.05, 0) is 37.2 Å². The van der Waals surface area contributed by atoms with Crippen molar-refractivity contribution in [2.24, 2.45) is 17.3 Å². The van der Waals surface area contributed by atoms with E-state index >= 15 is 0 Å². The van der Waals surface area contributed by atoms with Crippen LogP contribution in [0.15, 0.2) is 18.2 Å². The average molecular weight is 261 g/mol. The number of ether oxygens (including phenoxy) is 1. The smallest absolute Gasteiger partial charge is 0.310 e. The largest absolute Gasteiger partial charge is 0.481 e. The fraction of sp³-hybridized carbons (Fsp3) is 0.600. The van der Waals surface area contributed by atoms with Gasteiger partial charge in [-0.1, -0.05) is 12.5 Å². The maximum Gasteiger partial charge on any atom is 0.310 e. The number of nitrogens with zero attached hydrogens (tertiary/aromatic N) is 1. The summed E-state index contributed by atoms with van der Waals surface area (Å²) in [5.41, 5.74) is 0.233. The standard InChI is InChI=1S/C15H19NO3/c1-19-13-4-2-3-12(16-13)9-15(14(17)18)8-10-5-6-11(15)7-10/h2-4,10-11H,5-9H2,1H3,(H,17,18). The molecule has 3 atom stereocenters. The molecule has 0 spiro atoms. The van der Waals surface area contributed by atoms with Crippen molar-refractivity contribution < 1.29 is 14.6 Å². The average Bonchev–Trinajstić information content (AvgIpc) is 3.00. The Balaban J connectivity index is 1.88. The van der Waals surface area contributed by atoms with Crippen molar-refractivity contribution in [3.05, 3.63) is 23.9 Å². The number of rotatable bonds is 4. The minimum atomic E-state index is -0.649. The van der Waals surface area contributed by atoms with Crippen LogP contribution < -0.4 is 4.74 Å². The van der Waals surface area contributed by atoms with Crippen LogP contribution in [0.4, 0.5) is 0 Å². The molecule has 1 aromatic heterocycles. The monoisotopic (exact) mass is 261 g/mol. The Labute approximate surface area is 112 Å². The molecule has 4 heteroatoms. The molecule has 2 aliphatic carbocycles. The zero-order chi connectivity index (χ0) is 13.5. The van der Waals surface area contributed by atoms with E-state index < -0.39 is 11.4 Å².